The number of aromatic nitrogens is 1. The molecule has 1 N–H and O–H groups in total. The maximum atomic E-state index is 12.5. The molecule has 1 saturated heterocycles. The minimum absolute atomic E-state index is 0.156. The van der Waals surface area contributed by atoms with Crippen LogP contribution in [0.1, 0.15) is 28.9 Å². The van der Waals surface area contributed by atoms with Gasteiger partial charge in [-0.05, 0) is 36.8 Å². The quantitative estimate of drug-likeness (QED) is 0.906. The van der Waals surface area contributed by atoms with Gasteiger partial charge in [0.05, 0.1) is 24.8 Å². The van der Waals surface area contributed by atoms with E-state index < -0.39 is 0 Å². The Hall–Kier alpha value is -2.80. The lowest BCUT2D eigenvalue weighted by Gasteiger charge is -2.27. The number of amides is 1. The summed E-state index contributed by atoms with van der Waals surface area (Å²) in [5.74, 6) is 2.15. The van der Waals surface area contributed by atoms with E-state index >= 15 is 0 Å². The van der Waals surface area contributed by atoms with E-state index in [1.807, 2.05) is 31.2 Å². The van der Waals surface area contributed by atoms with Crippen molar-refractivity contribution in [2.75, 3.05) is 38.0 Å². The molecule has 3 heterocycles. The highest BCUT2D eigenvalue weighted by Gasteiger charge is 2.18. The summed E-state index contributed by atoms with van der Waals surface area (Å²) < 4.78 is 16.1. The summed E-state index contributed by atoms with van der Waals surface area (Å²) in [6.07, 6.45) is 1.62. The maximum absolute atomic E-state index is 12.5. The van der Waals surface area contributed by atoms with Crippen LogP contribution in [-0.4, -0.2) is 44.0 Å². The average Bonchev–Trinajstić information content (AvgIpc) is 3.16. The molecule has 2 aromatic rings. The fourth-order valence-electron chi connectivity index (χ4n) is 3.05. The third-order valence-electron chi connectivity index (χ3n) is 4.59. The smallest absolute Gasteiger partial charge is 0.253 e. The maximum Gasteiger partial charge on any atom is 0.253 e. The van der Waals surface area contributed by atoms with Crippen molar-refractivity contribution < 1.29 is 19.0 Å². The summed E-state index contributed by atoms with van der Waals surface area (Å²) in [4.78, 5) is 19.1. The number of morpholine rings is 1. The van der Waals surface area contributed by atoms with E-state index in [-0.39, 0.29) is 18.7 Å². The summed E-state index contributed by atoms with van der Waals surface area (Å²) in [7, 11) is 0. The molecule has 1 unspecified atom stereocenters. The first-order chi connectivity index (χ1) is 12.7. The van der Waals surface area contributed by atoms with Gasteiger partial charge in [0.1, 0.15) is 5.82 Å². The number of fused-ring (bicyclic) bond motifs is 1. The van der Waals surface area contributed by atoms with E-state index in [2.05, 4.69) is 15.2 Å². The number of anilines is 1. The number of nitrogens with zero attached hydrogens (tertiary/aromatic N) is 2. The summed E-state index contributed by atoms with van der Waals surface area (Å²) in [5.41, 5.74) is 1.50. The number of carbonyl (C=O) groups is 1. The lowest BCUT2D eigenvalue weighted by Crippen LogP contribution is -2.36. The van der Waals surface area contributed by atoms with Crippen molar-refractivity contribution in [2.24, 2.45) is 0 Å². The van der Waals surface area contributed by atoms with Gasteiger partial charge in [0.15, 0.2) is 11.5 Å². The van der Waals surface area contributed by atoms with Crippen LogP contribution in [0.4, 0.5) is 5.82 Å². The second-order valence-electron chi connectivity index (χ2n) is 6.31. The second kappa shape index (κ2) is 7.21. The number of hydrogen-bond donors (Lipinski definition) is 1. The number of hydrogen-bond acceptors (Lipinski definition) is 6. The highest BCUT2D eigenvalue weighted by Crippen LogP contribution is 2.34. The van der Waals surface area contributed by atoms with Crippen molar-refractivity contribution in [1.29, 1.82) is 0 Å². The van der Waals surface area contributed by atoms with Crippen LogP contribution in [0.2, 0.25) is 0 Å². The molecule has 26 heavy (non-hydrogen) atoms. The molecule has 0 bridgehead atoms. The average molecular weight is 355 g/mol. The van der Waals surface area contributed by atoms with Gasteiger partial charge in [-0.15, -0.1) is 0 Å². The zero-order valence-corrected chi connectivity index (χ0v) is 14.6. The van der Waals surface area contributed by atoms with Crippen LogP contribution in [0.15, 0.2) is 36.5 Å². The number of carbonyl (C=O) groups excluding carboxylic acids is 1. The fraction of sp³-hybridized carbons (Fsp3) is 0.368. The van der Waals surface area contributed by atoms with Gasteiger partial charge in [-0.3, -0.25) is 4.79 Å². The van der Waals surface area contributed by atoms with Gasteiger partial charge in [0.25, 0.3) is 5.91 Å². The van der Waals surface area contributed by atoms with Gasteiger partial charge in [0.2, 0.25) is 6.79 Å². The Morgan fingerprint density at radius 2 is 1.96 bits per heavy atom. The molecule has 0 spiro atoms. The van der Waals surface area contributed by atoms with E-state index in [9.17, 15) is 4.79 Å². The number of benzene rings is 1. The molecule has 0 saturated carbocycles. The van der Waals surface area contributed by atoms with Crippen molar-refractivity contribution in [3.63, 3.8) is 0 Å². The molecule has 1 atom stereocenters. The first-order valence-corrected chi connectivity index (χ1v) is 8.70. The summed E-state index contributed by atoms with van der Waals surface area (Å²) >= 11 is 0. The van der Waals surface area contributed by atoms with Crippen molar-refractivity contribution in [3.05, 3.63) is 47.7 Å². The monoisotopic (exact) mass is 355 g/mol. The molecule has 1 aromatic carbocycles. The minimum atomic E-state index is -0.157. The Labute approximate surface area is 151 Å². The summed E-state index contributed by atoms with van der Waals surface area (Å²) in [6, 6.07) is 9.21. The largest absolute Gasteiger partial charge is 0.454 e. The van der Waals surface area contributed by atoms with E-state index in [0.29, 0.717) is 24.5 Å². The van der Waals surface area contributed by atoms with Crippen molar-refractivity contribution in [3.8, 4) is 11.5 Å². The molecule has 1 amide bonds. The van der Waals surface area contributed by atoms with Crippen molar-refractivity contribution in [2.45, 2.75) is 13.0 Å². The normalized spacial score (nSPS) is 17.0. The Balaban J connectivity index is 1.41. The van der Waals surface area contributed by atoms with Crippen LogP contribution < -0.4 is 19.7 Å². The van der Waals surface area contributed by atoms with E-state index in [0.717, 1.165) is 30.2 Å². The molecule has 1 aromatic heterocycles. The van der Waals surface area contributed by atoms with Crippen LogP contribution in [0.5, 0.6) is 11.5 Å². The van der Waals surface area contributed by atoms with Gasteiger partial charge in [-0.2, -0.15) is 0 Å². The van der Waals surface area contributed by atoms with Gasteiger partial charge in [-0.25, -0.2) is 4.98 Å². The predicted molar refractivity (Wildman–Crippen MR) is 95.7 cm³/mol. The third-order valence-corrected chi connectivity index (χ3v) is 4.59. The van der Waals surface area contributed by atoms with Crippen LogP contribution >= 0.6 is 0 Å². The standard InChI is InChI=1S/C19H21N3O4/c1-13(14-2-4-16-17(10-14)26-12-25-16)21-19(23)15-3-5-18(20-11-15)22-6-8-24-9-7-22/h2-5,10-11,13H,6-9,12H2,1H3,(H,21,23). The van der Waals surface area contributed by atoms with E-state index in [4.69, 9.17) is 14.2 Å². The Morgan fingerprint density at radius 1 is 1.15 bits per heavy atom. The lowest BCUT2D eigenvalue weighted by molar-refractivity contribution is 0.0939. The van der Waals surface area contributed by atoms with Gasteiger partial charge in [0, 0.05) is 19.3 Å². The van der Waals surface area contributed by atoms with Crippen LogP contribution in [-0.2, 0) is 4.74 Å². The highest BCUT2D eigenvalue weighted by atomic mass is 16.7. The lowest BCUT2D eigenvalue weighted by atomic mass is 10.1. The van der Waals surface area contributed by atoms with Crippen LogP contribution in [0, 0.1) is 0 Å². The number of rotatable bonds is 4. The first-order valence-electron chi connectivity index (χ1n) is 8.70. The molecule has 7 heteroatoms. The molecule has 1 fully saturated rings. The highest BCUT2D eigenvalue weighted by molar-refractivity contribution is 5.94. The molecule has 2 aliphatic rings. The van der Waals surface area contributed by atoms with Gasteiger partial charge in [-0.1, -0.05) is 6.07 Å². The first kappa shape index (κ1) is 16.7. The molecular weight excluding hydrogens is 334 g/mol. The Morgan fingerprint density at radius 3 is 2.73 bits per heavy atom. The third kappa shape index (κ3) is 3.43. The molecule has 7 nitrogen and oxygen atoms in total. The summed E-state index contributed by atoms with van der Waals surface area (Å²) in [6.45, 7) is 5.22. The molecule has 2 aliphatic heterocycles. The van der Waals surface area contributed by atoms with E-state index in [1.165, 1.54) is 0 Å². The SMILES string of the molecule is CC(NC(=O)c1ccc(N2CCOCC2)nc1)c1ccc2c(c1)OCO2. The Bertz CT molecular complexity index is 788. The van der Waals surface area contributed by atoms with Crippen molar-refractivity contribution >= 4 is 11.7 Å². The Kier molecular flexibility index (Phi) is 4.62. The van der Waals surface area contributed by atoms with Gasteiger partial charge >= 0.3 is 0 Å². The molecule has 136 valence electrons. The van der Waals surface area contributed by atoms with Crippen LogP contribution in [0.25, 0.3) is 0 Å². The number of nitrogens with one attached hydrogen (secondary N) is 1. The predicted octanol–water partition coefficient (Wildman–Crippen LogP) is 2.14. The zero-order valence-electron chi connectivity index (χ0n) is 14.6. The molecule has 0 radical (unpaired) electrons. The molecule has 0 aliphatic carbocycles. The van der Waals surface area contributed by atoms with Crippen molar-refractivity contribution in [1.82, 2.24) is 10.3 Å². The van der Waals surface area contributed by atoms with E-state index in [1.54, 1.807) is 12.3 Å². The topological polar surface area (TPSA) is 72.9 Å². The number of pyridine rings is 1. The zero-order chi connectivity index (χ0) is 17.9. The van der Waals surface area contributed by atoms with Crippen LogP contribution in [0.3, 0.4) is 0 Å². The second-order valence-corrected chi connectivity index (χ2v) is 6.31. The molecule has 4 rings (SSSR count). The fourth-order valence-corrected chi connectivity index (χ4v) is 3.05. The number of ether oxygens (including phenoxy) is 3. The van der Waals surface area contributed by atoms with Gasteiger partial charge < -0.3 is 24.4 Å². The molecular formula is C19H21N3O4. The minimum Gasteiger partial charge on any atom is -0.454 e. The summed E-state index contributed by atoms with van der Waals surface area (Å²) in [5, 5.41) is 2.99.